The number of hydrogen-bond donors (Lipinski definition) is 0. The third kappa shape index (κ3) is 3.29. The summed E-state index contributed by atoms with van der Waals surface area (Å²) in [7, 11) is -3.55. The summed E-state index contributed by atoms with van der Waals surface area (Å²) in [6.45, 7) is 0. The predicted molar refractivity (Wildman–Crippen MR) is 52.0 cm³/mol. The SMILES string of the molecule is CS(=O)(=O)c1ncc(OC(=O)Cl)c(Cl)n1. The molecule has 1 aromatic rings. The van der Waals surface area contributed by atoms with E-state index in [4.69, 9.17) is 23.2 Å². The van der Waals surface area contributed by atoms with E-state index >= 15 is 0 Å². The summed E-state index contributed by atoms with van der Waals surface area (Å²) in [6, 6.07) is 0. The number of halogens is 2. The highest BCUT2D eigenvalue weighted by molar-refractivity contribution is 7.90. The Balaban J connectivity index is 3.15. The second-order valence-corrected chi connectivity index (χ2v) is 5.00. The second kappa shape index (κ2) is 4.30. The molecule has 0 bridgehead atoms. The fraction of sp³-hybridized carbons (Fsp3) is 0.167. The van der Waals surface area contributed by atoms with Crippen LogP contribution in [0.5, 0.6) is 5.75 Å². The summed E-state index contributed by atoms with van der Waals surface area (Å²) in [6.07, 6.45) is 1.87. The van der Waals surface area contributed by atoms with Crippen LogP contribution in [0.15, 0.2) is 11.4 Å². The molecule has 0 aliphatic heterocycles. The minimum absolute atomic E-state index is 0.205. The number of aromatic nitrogens is 2. The Morgan fingerprint density at radius 2 is 2.13 bits per heavy atom. The molecule has 82 valence electrons. The molecule has 0 N–H and O–H groups in total. The van der Waals surface area contributed by atoms with E-state index in [1.54, 1.807) is 0 Å². The van der Waals surface area contributed by atoms with Gasteiger partial charge in [0, 0.05) is 17.9 Å². The molecule has 0 saturated heterocycles. The Hall–Kier alpha value is -0.920. The van der Waals surface area contributed by atoms with Crippen molar-refractivity contribution in [1.82, 2.24) is 9.97 Å². The lowest BCUT2D eigenvalue weighted by molar-refractivity contribution is 0.225. The number of rotatable bonds is 2. The molecule has 0 aromatic carbocycles. The van der Waals surface area contributed by atoms with Crippen LogP contribution in [-0.4, -0.2) is 30.1 Å². The van der Waals surface area contributed by atoms with E-state index in [0.717, 1.165) is 12.5 Å². The van der Waals surface area contributed by atoms with E-state index in [2.05, 4.69) is 14.7 Å². The maximum absolute atomic E-state index is 11.0. The average molecular weight is 271 g/mol. The maximum atomic E-state index is 11.0. The number of ether oxygens (including phenoxy) is 1. The first kappa shape index (κ1) is 12.2. The summed E-state index contributed by atoms with van der Waals surface area (Å²) in [5.41, 5.74) is -1.12. The van der Waals surface area contributed by atoms with Crippen molar-refractivity contribution in [3.63, 3.8) is 0 Å². The van der Waals surface area contributed by atoms with E-state index in [1.807, 2.05) is 0 Å². The molecule has 1 aromatic heterocycles. The molecule has 0 spiro atoms. The number of carbonyl (C=O) groups excluding carboxylic acids is 1. The molecule has 0 aliphatic carbocycles. The number of hydrogen-bond acceptors (Lipinski definition) is 6. The van der Waals surface area contributed by atoms with Gasteiger partial charge in [-0.05, 0) is 0 Å². The molecule has 0 atom stereocenters. The van der Waals surface area contributed by atoms with Gasteiger partial charge in [-0.15, -0.1) is 0 Å². The normalized spacial score (nSPS) is 11.1. The Morgan fingerprint density at radius 1 is 1.53 bits per heavy atom. The fourth-order valence-corrected chi connectivity index (χ4v) is 1.47. The van der Waals surface area contributed by atoms with E-state index in [-0.39, 0.29) is 10.9 Å². The van der Waals surface area contributed by atoms with Gasteiger partial charge in [-0.2, -0.15) is 0 Å². The molecule has 1 rings (SSSR count). The molecular weight excluding hydrogens is 267 g/mol. The topological polar surface area (TPSA) is 86.2 Å². The summed E-state index contributed by atoms with van der Waals surface area (Å²) >= 11 is 10.4. The summed E-state index contributed by atoms with van der Waals surface area (Å²) in [5, 5.41) is -0.763. The summed E-state index contributed by atoms with van der Waals surface area (Å²) in [5.74, 6) is -0.205. The van der Waals surface area contributed by atoms with Crippen molar-refractivity contribution in [3.05, 3.63) is 11.3 Å². The third-order valence-electron chi connectivity index (χ3n) is 1.21. The van der Waals surface area contributed by atoms with Crippen LogP contribution >= 0.6 is 23.2 Å². The maximum Gasteiger partial charge on any atom is 0.409 e. The predicted octanol–water partition coefficient (Wildman–Crippen LogP) is 1.27. The molecular formula is C6H4Cl2N2O4S. The number of carbonyl (C=O) groups is 1. The lowest BCUT2D eigenvalue weighted by atomic mass is 10.6. The molecule has 0 fully saturated rings. The van der Waals surface area contributed by atoms with Crippen LogP contribution in [0.4, 0.5) is 4.79 Å². The molecule has 0 saturated carbocycles. The van der Waals surface area contributed by atoms with Gasteiger partial charge in [0.15, 0.2) is 10.9 Å². The molecule has 9 heteroatoms. The first-order chi connectivity index (χ1) is 6.80. The Labute approximate surface area is 95.1 Å². The van der Waals surface area contributed by atoms with Gasteiger partial charge in [0.1, 0.15) is 0 Å². The van der Waals surface area contributed by atoms with Crippen LogP contribution in [0.2, 0.25) is 5.15 Å². The first-order valence-corrected chi connectivity index (χ1v) is 6.05. The van der Waals surface area contributed by atoms with Crippen molar-refractivity contribution in [2.75, 3.05) is 6.26 Å². The van der Waals surface area contributed by atoms with E-state index < -0.39 is 20.4 Å². The Morgan fingerprint density at radius 3 is 2.53 bits per heavy atom. The van der Waals surface area contributed by atoms with Gasteiger partial charge in [0.2, 0.25) is 15.0 Å². The molecule has 0 amide bonds. The largest absolute Gasteiger partial charge is 0.410 e. The van der Waals surface area contributed by atoms with E-state index in [9.17, 15) is 13.2 Å². The highest BCUT2D eigenvalue weighted by Crippen LogP contribution is 2.22. The lowest BCUT2D eigenvalue weighted by Gasteiger charge is -2.02. The quantitative estimate of drug-likeness (QED) is 0.457. The van der Waals surface area contributed by atoms with Crippen LogP contribution in [0.3, 0.4) is 0 Å². The smallest absolute Gasteiger partial charge is 0.409 e. The van der Waals surface area contributed by atoms with Crippen LogP contribution in [0, 0.1) is 0 Å². The van der Waals surface area contributed by atoms with Crippen LogP contribution in [0.1, 0.15) is 0 Å². The van der Waals surface area contributed by atoms with Crippen molar-refractivity contribution >= 4 is 38.5 Å². The molecule has 15 heavy (non-hydrogen) atoms. The van der Waals surface area contributed by atoms with Gasteiger partial charge in [0.25, 0.3) is 0 Å². The van der Waals surface area contributed by atoms with Gasteiger partial charge in [-0.3, -0.25) is 0 Å². The van der Waals surface area contributed by atoms with Gasteiger partial charge in [-0.25, -0.2) is 23.2 Å². The third-order valence-corrected chi connectivity index (χ3v) is 2.42. The van der Waals surface area contributed by atoms with Crippen molar-refractivity contribution in [2.45, 2.75) is 5.16 Å². The van der Waals surface area contributed by atoms with Crippen LogP contribution in [-0.2, 0) is 9.84 Å². The Kier molecular flexibility index (Phi) is 3.48. The molecule has 0 unspecified atom stereocenters. The summed E-state index contributed by atoms with van der Waals surface area (Å²) < 4.78 is 26.4. The number of nitrogens with zero attached hydrogens (tertiary/aromatic N) is 2. The van der Waals surface area contributed by atoms with Crippen molar-refractivity contribution in [3.8, 4) is 5.75 Å². The lowest BCUT2D eigenvalue weighted by Crippen LogP contribution is -2.06. The number of sulfone groups is 1. The van der Waals surface area contributed by atoms with Crippen molar-refractivity contribution in [2.24, 2.45) is 0 Å². The molecule has 0 radical (unpaired) electrons. The Bertz CT molecular complexity index is 502. The standard InChI is InChI=1S/C6H4Cl2N2O4S/c1-15(12,13)6-9-2-3(4(7)10-6)14-5(8)11/h2H,1H3. The minimum atomic E-state index is -3.55. The molecule has 1 heterocycles. The zero-order chi connectivity index (χ0) is 11.6. The average Bonchev–Trinajstić information content (AvgIpc) is 2.05. The monoisotopic (exact) mass is 270 g/mol. The first-order valence-electron chi connectivity index (χ1n) is 3.40. The van der Waals surface area contributed by atoms with E-state index in [1.165, 1.54) is 0 Å². The van der Waals surface area contributed by atoms with Crippen molar-refractivity contribution < 1.29 is 17.9 Å². The zero-order valence-corrected chi connectivity index (χ0v) is 9.60. The van der Waals surface area contributed by atoms with Gasteiger partial charge in [0.05, 0.1) is 6.20 Å². The van der Waals surface area contributed by atoms with Gasteiger partial charge < -0.3 is 4.74 Å². The second-order valence-electron chi connectivity index (χ2n) is 2.42. The zero-order valence-electron chi connectivity index (χ0n) is 7.27. The van der Waals surface area contributed by atoms with E-state index in [0.29, 0.717) is 0 Å². The molecule has 0 aliphatic rings. The van der Waals surface area contributed by atoms with Gasteiger partial charge >= 0.3 is 5.43 Å². The fourth-order valence-electron chi connectivity index (χ4n) is 0.669. The van der Waals surface area contributed by atoms with Crippen LogP contribution < -0.4 is 4.74 Å². The van der Waals surface area contributed by atoms with Crippen LogP contribution in [0.25, 0.3) is 0 Å². The van der Waals surface area contributed by atoms with Crippen molar-refractivity contribution in [1.29, 1.82) is 0 Å². The highest BCUT2D eigenvalue weighted by Gasteiger charge is 2.15. The minimum Gasteiger partial charge on any atom is -0.410 e. The van der Waals surface area contributed by atoms with Gasteiger partial charge in [-0.1, -0.05) is 11.6 Å². The summed E-state index contributed by atoms with van der Waals surface area (Å²) in [4.78, 5) is 17.2. The highest BCUT2D eigenvalue weighted by atomic mass is 35.5. The molecule has 6 nitrogen and oxygen atoms in total.